The molecular weight excluding hydrogens is 234 g/mol. The van der Waals surface area contributed by atoms with E-state index in [1.54, 1.807) is 0 Å². The molecule has 17 heavy (non-hydrogen) atoms. The molecule has 1 heterocycles. The standard InChI is InChI=1S/C14H20ClNO/c1-11-5-6-14(17-11)10-16-9-13-4-2-3-12(7-13)8-15/h2-4,7,11,14,16H,5-6,8-10H2,1H3. The van der Waals surface area contributed by atoms with Gasteiger partial charge in [-0.3, -0.25) is 0 Å². The Hall–Kier alpha value is -0.570. The fraction of sp³-hybridized carbons (Fsp3) is 0.571. The number of halogens is 1. The van der Waals surface area contributed by atoms with E-state index in [2.05, 4.69) is 36.5 Å². The first-order chi connectivity index (χ1) is 8.28. The van der Waals surface area contributed by atoms with Gasteiger partial charge in [-0.2, -0.15) is 0 Å². The second-order valence-corrected chi connectivity index (χ2v) is 5.00. The van der Waals surface area contributed by atoms with Gasteiger partial charge in [0.05, 0.1) is 12.2 Å². The maximum Gasteiger partial charge on any atom is 0.0704 e. The average molecular weight is 254 g/mol. The summed E-state index contributed by atoms with van der Waals surface area (Å²) in [7, 11) is 0. The van der Waals surface area contributed by atoms with Gasteiger partial charge in [-0.1, -0.05) is 24.3 Å². The lowest BCUT2D eigenvalue weighted by Crippen LogP contribution is -2.26. The van der Waals surface area contributed by atoms with Gasteiger partial charge in [0.2, 0.25) is 0 Å². The molecule has 0 bridgehead atoms. The molecule has 2 unspecified atom stereocenters. The summed E-state index contributed by atoms with van der Waals surface area (Å²) < 4.78 is 5.76. The second-order valence-electron chi connectivity index (χ2n) is 4.73. The van der Waals surface area contributed by atoms with E-state index in [-0.39, 0.29) is 0 Å². The van der Waals surface area contributed by atoms with Crippen molar-refractivity contribution in [1.82, 2.24) is 5.32 Å². The largest absolute Gasteiger partial charge is 0.374 e. The summed E-state index contributed by atoms with van der Waals surface area (Å²) in [6.45, 7) is 3.97. The molecule has 1 aromatic rings. The van der Waals surface area contributed by atoms with Gasteiger partial charge in [0.25, 0.3) is 0 Å². The third kappa shape index (κ3) is 3.98. The van der Waals surface area contributed by atoms with Crippen LogP contribution in [0.25, 0.3) is 0 Å². The van der Waals surface area contributed by atoms with Gasteiger partial charge in [-0.05, 0) is 30.9 Å². The van der Waals surface area contributed by atoms with Crippen molar-refractivity contribution in [1.29, 1.82) is 0 Å². The highest BCUT2D eigenvalue weighted by Crippen LogP contribution is 2.18. The molecule has 2 nitrogen and oxygen atoms in total. The Bertz CT molecular complexity index is 356. The lowest BCUT2D eigenvalue weighted by molar-refractivity contribution is 0.0559. The number of alkyl halides is 1. The van der Waals surface area contributed by atoms with Crippen LogP contribution in [0.3, 0.4) is 0 Å². The monoisotopic (exact) mass is 253 g/mol. The summed E-state index contributed by atoms with van der Waals surface area (Å²) in [6, 6.07) is 8.39. The van der Waals surface area contributed by atoms with Crippen LogP contribution in [0.5, 0.6) is 0 Å². The third-order valence-corrected chi connectivity index (χ3v) is 3.48. The van der Waals surface area contributed by atoms with Crippen LogP contribution in [-0.2, 0) is 17.2 Å². The lowest BCUT2D eigenvalue weighted by atomic mass is 10.1. The molecule has 2 rings (SSSR count). The first-order valence-electron chi connectivity index (χ1n) is 6.28. The fourth-order valence-corrected chi connectivity index (χ4v) is 2.40. The third-order valence-electron chi connectivity index (χ3n) is 3.17. The van der Waals surface area contributed by atoms with Crippen molar-refractivity contribution in [3.8, 4) is 0 Å². The maximum atomic E-state index is 5.81. The zero-order chi connectivity index (χ0) is 12.1. The summed E-state index contributed by atoms with van der Waals surface area (Å²) in [5, 5.41) is 3.45. The molecule has 1 aliphatic heterocycles. The zero-order valence-corrected chi connectivity index (χ0v) is 11.0. The molecule has 0 amide bonds. The predicted octanol–water partition coefficient (Wildman–Crippen LogP) is 3.08. The topological polar surface area (TPSA) is 21.3 Å². The van der Waals surface area contributed by atoms with E-state index in [0.717, 1.165) is 13.1 Å². The number of rotatable bonds is 5. The molecule has 0 spiro atoms. The van der Waals surface area contributed by atoms with Crippen molar-refractivity contribution in [3.05, 3.63) is 35.4 Å². The summed E-state index contributed by atoms with van der Waals surface area (Å²) in [6.07, 6.45) is 3.19. The zero-order valence-electron chi connectivity index (χ0n) is 10.3. The molecule has 0 aromatic heterocycles. The molecule has 1 saturated heterocycles. The number of ether oxygens (including phenoxy) is 1. The maximum absolute atomic E-state index is 5.81. The predicted molar refractivity (Wildman–Crippen MR) is 71.3 cm³/mol. The summed E-state index contributed by atoms with van der Waals surface area (Å²) in [4.78, 5) is 0. The highest BCUT2D eigenvalue weighted by atomic mass is 35.5. The number of nitrogens with one attached hydrogen (secondary N) is 1. The van der Waals surface area contributed by atoms with Crippen LogP contribution in [0.15, 0.2) is 24.3 Å². The van der Waals surface area contributed by atoms with Crippen LogP contribution in [-0.4, -0.2) is 18.8 Å². The van der Waals surface area contributed by atoms with Crippen LogP contribution >= 0.6 is 11.6 Å². The molecule has 1 fully saturated rings. The molecule has 0 saturated carbocycles. The summed E-state index contributed by atoms with van der Waals surface area (Å²) >= 11 is 5.81. The molecule has 1 aliphatic rings. The molecular formula is C14H20ClNO. The number of hydrogen-bond acceptors (Lipinski definition) is 2. The van der Waals surface area contributed by atoms with Crippen molar-refractivity contribution in [2.45, 2.75) is 44.4 Å². The highest BCUT2D eigenvalue weighted by molar-refractivity contribution is 6.17. The molecule has 1 aromatic carbocycles. The smallest absolute Gasteiger partial charge is 0.0704 e. The van der Waals surface area contributed by atoms with Crippen LogP contribution in [0.2, 0.25) is 0 Å². The van der Waals surface area contributed by atoms with Gasteiger partial charge in [-0.15, -0.1) is 11.6 Å². The fourth-order valence-electron chi connectivity index (χ4n) is 2.24. The van der Waals surface area contributed by atoms with Gasteiger partial charge in [0.1, 0.15) is 0 Å². The second kappa shape index (κ2) is 6.39. The Morgan fingerprint density at radius 3 is 2.88 bits per heavy atom. The first-order valence-corrected chi connectivity index (χ1v) is 6.81. The van der Waals surface area contributed by atoms with E-state index in [1.165, 1.54) is 24.0 Å². The van der Waals surface area contributed by atoms with Crippen molar-refractivity contribution in [3.63, 3.8) is 0 Å². The first kappa shape index (κ1) is 12.9. The average Bonchev–Trinajstić information content (AvgIpc) is 2.75. The van der Waals surface area contributed by atoms with E-state index < -0.39 is 0 Å². The minimum atomic E-state index is 0.390. The van der Waals surface area contributed by atoms with Crippen LogP contribution in [0, 0.1) is 0 Å². The van der Waals surface area contributed by atoms with E-state index in [4.69, 9.17) is 16.3 Å². The van der Waals surface area contributed by atoms with Crippen molar-refractivity contribution in [2.24, 2.45) is 0 Å². The Labute approximate surface area is 108 Å². The summed E-state index contributed by atoms with van der Waals surface area (Å²) in [5.41, 5.74) is 2.46. The molecule has 94 valence electrons. The quantitative estimate of drug-likeness (QED) is 0.815. The van der Waals surface area contributed by atoms with Crippen LogP contribution in [0.1, 0.15) is 30.9 Å². The SMILES string of the molecule is CC1CCC(CNCc2cccc(CCl)c2)O1. The van der Waals surface area contributed by atoms with E-state index in [0.29, 0.717) is 18.1 Å². The minimum absolute atomic E-state index is 0.390. The van der Waals surface area contributed by atoms with Crippen LogP contribution < -0.4 is 5.32 Å². The van der Waals surface area contributed by atoms with Gasteiger partial charge in [0, 0.05) is 19.0 Å². The van der Waals surface area contributed by atoms with Crippen LogP contribution in [0.4, 0.5) is 0 Å². The highest BCUT2D eigenvalue weighted by Gasteiger charge is 2.20. The molecule has 0 aliphatic carbocycles. The van der Waals surface area contributed by atoms with Crippen molar-refractivity contribution in [2.75, 3.05) is 6.54 Å². The van der Waals surface area contributed by atoms with Gasteiger partial charge in [-0.25, -0.2) is 0 Å². The molecule has 0 radical (unpaired) electrons. The molecule has 2 atom stereocenters. The normalized spacial score (nSPS) is 24.1. The molecule has 3 heteroatoms. The van der Waals surface area contributed by atoms with Crippen molar-refractivity contribution < 1.29 is 4.74 Å². The summed E-state index contributed by atoms with van der Waals surface area (Å²) in [5.74, 6) is 0.580. The van der Waals surface area contributed by atoms with Crippen molar-refractivity contribution >= 4 is 11.6 Å². The van der Waals surface area contributed by atoms with E-state index in [1.807, 2.05) is 0 Å². The van der Waals surface area contributed by atoms with Gasteiger partial charge < -0.3 is 10.1 Å². The Kier molecular flexibility index (Phi) is 4.84. The minimum Gasteiger partial charge on any atom is -0.374 e. The Morgan fingerprint density at radius 2 is 2.18 bits per heavy atom. The van der Waals surface area contributed by atoms with E-state index >= 15 is 0 Å². The van der Waals surface area contributed by atoms with Gasteiger partial charge >= 0.3 is 0 Å². The van der Waals surface area contributed by atoms with Gasteiger partial charge in [0.15, 0.2) is 0 Å². The number of hydrogen-bond donors (Lipinski definition) is 1. The molecule has 1 N–H and O–H groups in total. The Balaban J connectivity index is 1.74. The number of benzene rings is 1. The lowest BCUT2D eigenvalue weighted by Gasteiger charge is -2.12. The Morgan fingerprint density at radius 1 is 1.35 bits per heavy atom. The van der Waals surface area contributed by atoms with E-state index in [9.17, 15) is 0 Å².